The van der Waals surface area contributed by atoms with Gasteiger partial charge in [0.2, 0.25) is 0 Å². The number of aliphatic hydroxyl groups is 1. The third-order valence-electron chi connectivity index (χ3n) is 4.43. The van der Waals surface area contributed by atoms with Crippen LogP contribution in [0.25, 0.3) is 22.3 Å². The van der Waals surface area contributed by atoms with Crippen LogP contribution in [0.1, 0.15) is 24.6 Å². The minimum absolute atomic E-state index is 0.0644. The summed E-state index contributed by atoms with van der Waals surface area (Å²) in [4.78, 5) is 8.92. The molecule has 0 radical (unpaired) electrons. The normalized spacial score (nSPS) is 21.1. The molecule has 1 saturated heterocycles. The van der Waals surface area contributed by atoms with E-state index in [1.807, 2.05) is 16.8 Å². The lowest BCUT2D eigenvalue weighted by Gasteiger charge is -2.14. The second-order valence-electron chi connectivity index (χ2n) is 6.02. The topological polar surface area (TPSA) is 60.2 Å². The first-order chi connectivity index (χ1) is 11.3. The van der Waals surface area contributed by atoms with Crippen LogP contribution in [0, 0.1) is 6.92 Å². The Morgan fingerprint density at radius 2 is 2.00 bits per heavy atom. The van der Waals surface area contributed by atoms with Crippen LogP contribution >= 0.6 is 0 Å². The number of aryl methyl sites for hydroxylation is 1. The fourth-order valence-corrected chi connectivity index (χ4v) is 3.17. The van der Waals surface area contributed by atoms with Crippen molar-refractivity contribution in [3.63, 3.8) is 0 Å². The SMILES string of the molecule is Cc1ccc(-c2ncnc3c2ccn3C2CCC(CO)O2)cc1. The number of fused-ring (bicyclic) bond motifs is 1. The molecule has 118 valence electrons. The number of aliphatic hydroxyl groups excluding tert-OH is 1. The van der Waals surface area contributed by atoms with Crippen molar-refractivity contribution >= 4 is 11.0 Å². The van der Waals surface area contributed by atoms with Crippen molar-refractivity contribution in [2.75, 3.05) is 6.61 Å². The zero-order valence-electron chi connectivity index (χ0n) is 13.0. The smallest absolute Gasteiger partial charge is 0.146 e. The van der Waals surface area contributed by atoms with Crippen molar-refractivity contribution in [2.24, 2.45) is 0 Å². The number of nitrogens with zero attached hydrogens (tertiary/aromatic N) is 3. The molecule has 2 unspecified atom stereocenters. The number of hydrogen-bond donors (Lipinski definition) is 1. The first-order valence-electron chi connectivity index (χ1n) is 7.91. The summed E-state index contributed by atoms with van der Waals surface area (Å²) in [5, 5.41) is 10.3. The molecular formula is C18H19N3O2. The van der Waals surface area contributed by atoms with Crippen molar-refractivity contribution < 1.29 is 9.84 Å². The van der Waals surface area contributed by atoms with Crippen LogP contribution in [0.4, 0.5) is 0 Å². The highest BCUT2D eigenvalue weighted by atomic mass is 16.5. The van der Waals surface area contributed by atoms with Crippen LogP contribution in [0.2, 0.25) is 0 Å². The average Bonchev–Trinajstić information content (AvgIpc) is 3.21. The van der Waals surface area contributed by atoms with Gasteiger partial charge in [0.25, 0.3) is 0 Å². The summed E-state index contributed by atoms with van der Waals surface area (Å²) in [6.07, 6.45) is 5.23. The van der Waals surface area contributed by atoms with Gasteiger partial charge in [-0.2, -0.15) is 0 Å². The summed E-state index contributed by atoms with van der Waals surface area (Å²) in [5.41, 5.74) is 4.12. The van der Waals surface area contributed by atoms with Gasteiger partial charge >= 0.3 is 0 Å². The van der Waals surface area contributed by atoms with Gasteiger partial charge in [-0.1, -0.05) is 29.8 Å². The number of benzene rings is 1. The zero-order chi connectivity index (χ0) is 15.8. The minimum atomic E-state index is -0.0733. The number of hydrogen-bond acceptors (Lipinski definition) is 4. The predicted octanol–water partition coefficient (Wildman–Crippen LogP) is 3.08. The third-order valence-corrected chi connectivity index (χ3v) is 4.43. The fourth-order valence-electron chi connectivity index (χ4n) is 3.17. The number of rotatable bonds is 3. The molecule has 4 rings (SSSR count). The fraction of sp³-hybridized carbons (Fsp3) is 0.333. The molecule has 3 heterocycles. The van der Waals surface area contributed by atoms with E-state index in [-0.39, 0.29) is 18.9 Å². The molecule has 0 bridgehead atoms. The minimum Gasteiger partial charge on any atom is -0.394 e. The molecule has 0 amide bonds. The highest BCUT2D eigenvalue weighted by Gasteiger charge is 2.27. The monoisotopic (exact) mass is 309 g/mol. The molecule has 5 nitrogen and oxygen atoms in total. The summed E-state index contributed by atoms with van der Waals surface area (Å²) in [6, 6.07) is 10.4. The Balaban J connectivity index is 1.76. The highest BCUT2D eigenvalue weighted by molar-refractivity contribution is 5.90. The molecule has 1 aliphatic rings. The summed E-state index contributed by atoms with van der Waals surface area (Å²) in [6.45, 7) is 2.14. The van der Waals surface area contributed by atoms with Crippen LogP contribution in [-0.4, -0.2) is 32.4 Å². The maximum atomic E-state index is 9.25. The Bertz CT molecular complexity index is 826. The van der Waals surface area contributed by atoms with Gasteiger partial charge in [0.1, 0.15) is 18.2 Å². The summed E-state index contributed by atoms with van der Waals surface area (Å²) in [5.74, 6) is 0. The van der Waals surface area contributed by atoms with Gasteiger partial charge in [-0.3, -0.25) is 0 Å². The van der Waals surface area contributed by atoms with E-state index < -0.39 is 0 Å². The molecule has 1 aliphatic heterocycles. The molecule has 1 N–H and O–H groups in total. The number of aromatic nitrogens is 3. The molecule has 23 heavy (non-hydrogen) atoms. The summed E-state index contributed by atoms with van der Waals surface area (Å²) >= 11 is 0. The van der Waals surface area contributed by atoms with Gasteiger partial charge in [-0.25, -0.2) is 9.97 Å². The second kappa shape index (κ2) is 5.76. The van der Waals surface area contributed by atoms with Crippen LogP contribution in [0.5, 0.6) is 0 Å². The van der Waals surface area contributed by atoms with Crippen molar-refractivity contribution in [1.82, 2.24) is 14.5 Å². The maximum Gasteiger partial charge on any atom is 0.146 e. The van der Waals surface area contributed by atoms with Gasteiger partial charge in [0.05, 0.1) is 18.4 Å². The molecule has 0 aliphatic carbocycles. The molecular weight excluding hydrogens is 290 g/mol. The molecule has 5 heteroatoms. The maximum absolute atomic E-state index is 9.25. The van der Waals surface area contributed by atoms with Gasteiger partial charge in [0, 0.05) is 17.1 Å². The zero-order valence-corrected chi connectivity index (χ0v) is 13.0. The molecule has 3 aromatic rings. The summed E-state index contributed by atoms with van der Waals surface area (Å²) in [7, 11) is 0. The predicted molar refractivity (Wildman–Crippen MR) is 87.9 cm³/mol. The number of ether oxygens (including phenoxy) is 1. The van der Waals surface area contributed by atoms with Gasteiger partial charge in [0.15, 0.2) is 0 Å². The second-order valence-corrected chi connectivity index (χ2v) is 6.02. The van der Waals surface area contributed by atoms with Gasteiger partial charge in [-0.05, 0) is 25.8 Å². The van der Waals surface area contributed by atoms with Gasteiger partial charge in [-0.15, -0.1) is 0 Å². The Labute approximate surface area is 134 Å². The Morgan fingerprint density at radius 3 is 2.74 bits per heavy atom. The molecule has 1 fully saturated rings. The van der Waals surface area contributed by atoms with E-state index in [2.05, 4.69) is 41.2 Å². The van der Waals surface area contributed by atoms with E-state index in [0.29, 0.717) is 0 Å². The lowest BCUT2D eigenvalue weighted by atomic mass is 10.1. The van der Waals surface area contributed by atoms with E-state index in [1.54, 1.807) is 6.33 Å². The van der Waals surface area contributed by atoms with Crippen LogP contribution < -0.4 is 0 Å². The van der Waals surface area contributed by atoms with Crippen LogP contribution in [0.15, 0.2) is 42.9 Å². The first-order valence-corrected chi connectivity index (χ1v) is 7.91. The van der Waals surface area contributed by atoms with Crippen molar-refractivity contribution in [2.45, 2.75) is 32.1 Å². The van der Waals surface area contributed by atoms with Crippen molar-refractivity contribution in [3.8, 4) is 11.3 Å². The summed E-state index contributed by atoms with van der Waals surface area (Å²) < 4.78 is 7.92. The molecule has 2 atom stereocenters. The van der Waals surface area contributed by atoms with E-state index in [4.69, 9.17) is 4.74 Å². The quantitative estimate of drug-likeness (QED) is 0.807. The van der Waals surface area contributed by atoms with Crippen molar-refractivity contribution in [1.29, 1.82) is 0 Å². The van der Waals surface area contributed by atoms with Crippen molar-refractivity contribution in [3.05, 3.63) is 48.4 Å². The van der Waals surface area contributed by atoms with Gasteiger partial charge < -0.3 is 14.4 Å². The third kappa shape index (κ3) is 2.52. The highest BCUT2D eigenvalue weighted by Crippen LogP contribution is 2.33. The van der Waals surface area contributed by atoms with E-state index in [1.165, 1.54) is 5.56 Å². The molecule has 2 aromatic heterocycles. The largest absolute Gasteiger partial charge is 0.394 e. The lowest BCUT2D eigenvalue weighted by Crippen LogP contribution is -2.14. The first kappa shape index (κ1) is 14.4. The Morgan fingerprint density at radius 1 is 1.17 bits per heavy atom. The molecule has 0 saturated carbocycles. The van der Waals surface area contributed by atoms with E-state index in [9.17, 15) is 5.11 Å². The lowest BCUT2D eigenvalue weighted by molar-refractivity contribution is -0.0204. The molecule has 0 spiro atoms. The Kier molecular flexibility index (Phi) is 3.59. The van der Waals surface area contributed by atoms with Crippen LogP contribution in [-0.2, 0) is 4.74 Å². The van der Waals surface area contributed by atoms with E-state index >= 15 is 0 Å². The standard InChI is InChI=1S/C18H19N3O2/c1-12-2-4-13(5-3-12)17-15-8-9-21(18(15)20-11-19-17)16-7-6-14(10-22)23-16/h2-5,8-9,11,14,16,22H,6-7,10H2,1H3. The molecule has 1 aromatic carbocycles. The Hall–Kier alpha value is -2.24. The average molecular weight is 309 g/mol. The van der Waals surface area contributed by atoms with E-state index in [0.717, 1.165) is 35.1 Å². The van der Waals surface area contributed by atoms with Crippen LogP contribution in [0.3, 0.4) is 0 Å².